The summed E-state index contributed by atoms with van der Waals surface area (Å²) < 4.78 is 5.08. The first kappa shape index (κ1) is 17.3. The quantitative estimate of drug-likeness (QED) is 0.667. The Hall–Kier alpha value is -2.71. The molecule has 1 rings (SSSR count). The first-order valence-corrected chi connectivity index (χ1v) is 6.34. The highest BCUT2D eigenvalue weighted by atomic mass is 16.6. The number of carboxylic acids is 1. The highest BCUT2D eigenvalue weighted by molar-refractivity contribution is 5.94. The van der Waals surface area contributed by atoms with Gasteiger partial charge >= 0.3 is 17.7 Å². The fourth-order valence-corrected chi connectivity index (χ4v) is 1.57. The van der Waals surface area contributed by atoms with Gasteiger partial charge in [-0.05, 0) is 33.3 Å². The molecule has 1 amide bonds. The molecule has 0 aliphatic heterocycles. The van der Waals surface area contributed by atoms with Crippen LogP contribution in [-0.2, 0) is 9.53 Å². The lowest BCUT2D eigenvalue weighted by Gasteiger charge is -2.25. The number of ether oxygens (including phenoxy) is 1. The summed E-state index contributed by atoms with van der Waals surface area (Å²) >= 11 is 0. The van der Waals surface area contributed by atoms with E-state index in [9.17, 15) is 19.7 Å². The second-order valence-electron chi connectivity index (χ2n) is 5.57. The Morgan fingerprint density at radius 3 is 2.50 bits per heavy atom. The number of pyridine rings is 1. The molecule has 9 nitrogen and oxygen atoms in total. The Kier molecular flexibility index (Phi) is 5.02. The Labute approximate surface area is 126 Å². The van der Waals surface area contributed by atoms with Crippen LogP contribution in [-0.4, -0.2) is 39.2 Å². The van der Waals surface area contributed by atoms with Crippen molar-refractivity contribution in [3.05, 3.63) is 27.9 Å². The van der Waals surface area contributed by atoms with Crippen molar-refractivity contribution in [2.75, 3.05) is 11.4 Å². The van der Waals surface area contributed by atoms with E-state index in [1.165, 1.54) is 12.3 Å². The van der Waals surface area contributed by atoms with Gasteiger partial charge in [0.2, 0.25) is 5.82 Å². The van der Waals surface area contributed by atoms with Gasteiger partial charge in [-0.3, -0.25) is 14.9 Å². The van der Waals surface area contributed by atoms with E-state index in [4.69, 9.17) is 9.84 Å². The number of carbonyl (C=O) groups excluding carboxylic acids is 1. The summed E-state index contributed by atoms with van der Waals surface area (Å²) in [6.45, 7) is 5.59. The van der Waals surface area contributed by atoms with Crippen LogP contribution in [0.5, 0.6) is 0 Å². The van der Waals surface area contributed by atoms with Crippen LogP contribution in [0.1, 0.15) is 26.3 Å². The predicted molar refractivity (Wildman–Crippen MR) is 76.8 cm³/mol. The number of carbonyl (C=O) groups is 2. The van der Waals surface area contributed by atoms with Gasteiger partial charge in [-0.1, -0.05) is 0 Å². The smallest absolute Gasteiger partial charge is 0.416 e. The lowest BCUT2D eigenvalue weighted by Crippen LogP contribution is -2.40. The maximum absolute atomic E-state index is 12.1. The second kappa shape index (κ2) is 6.37. The molecule has 0 spiro atoms. The van der Waals surface area contributed by atoms with Gasteiger partial charge < -0.3 is 9.84 Å². The monoisotopic (exact) mass is 311 g/mol. The molecule has 0 saturated heterocycles. The third-order valence-electron chi connectivity index (χ3n) is 2.34. The van der Waals surface area contributed by atoms with E-state index in [0.717, 1.165) is 0 Å². The summed E-state index contributed by atoms with van der Waals surface area (Å²) in [5, 5.41) is 20.0. The lowest BCUT2D eigenvalue weighted by molar-refractivity contribution is -0.384. The van der Waals surface area contributed by atoms with Gasteiger partial charge in [-0.15, -0.1) is 0 Å². The van der Waals surface area contributed by atoms with Crippen LogP contribution >= 0.6 is 0 Å². The van der Waals surface area contributed by atoms with Crippen molar-refractivity contribution < 1.29 is 24.4 Å². The first-order chi connectivity index (χ1) is 10.0. The molecule has 0 aromatic carbocycles. The van der Waals surface area contributed by atoms with Crippen molar-refractivity contribution in [1.29, 1.82) is 0 Å². The molecule has 0 saturated carbocycles. The topological polar surface area (TPSA) is 123 Å². The SMILES string of the molecule is Cc1cnc(N(CC(=O)O)C(=O)OC(C)(C)C)c([N+](=O)[O-])c1. The maximum atomic E-state index is 12.1. The molecule has 0 aliphatic rings. The zero-order valence-corrected chi connectivity index (χ0v) is 12.7. The molecule has 0 atom stereocenters. The highest BCUT2D eigenvalue weighted by Gasteiger charge is 2.31. The van der Waals surface area contributed by atoms with E-state index in [2.05, 4.69) is 4.98 Å². The minimum Gasteiger partial charge on any atom is -0.480 e. The number of amides is 1. The Balaban J connectivity index is 3.31. The number of rotatable bonds is 4. The number of nitrogens with zero attached hydrogens (tertiary/aromatic N) is 3. The van der Waals surface area contributed by atoms with Crippen molar-refractivity contribution >= 4 is 23.6 Å². The van der Waals surface area contributed by atoms with E-state index in [0.29, 0.717) is 10.5 Å². The second-order valence-corrected chi connectivity index (χ2v) is 5.57. The number of aromatic nitrogens is 1. The van der Waals surface area contributed by atoms with Crippen LogP contribution in [0.2, 0.25) is 0 Å². The summed E-state index contributed by atoms with van der Waals surface area (Å²) in [5.74, 6) is -1.71. The van der Waals surface area contributed by atoms with Gasteiger partial charge in [0.05, 0.1) is 4.92 Å². The van der Waals surface area contributed by atoms with Gasteiger partial charge in [0, 0.05) is 12.3 Å². The summed E-state index contributed by atoms with van der Waals surface area (Å²) in [7, 11) is 0. The van der Waals surface area contributed by atoms with Gasteiger partial charge in [-0.25, -0.2) is 14.7 Å². The number of hydrogen-bond donors (Lipinski definition) is 1. The summed E-state index contributed by atoms with van der Waals surface area (Å²) in [6.07, 6.45) is 0.288. The third-order valence-corrected chi connectivity index (χ3v) is 2.34. The number of nitro groups is 1. The fraction of sp³-hybridized carbons (Fsp3) is 0.462. The molecule has 1 aromatic heterocycles. The van der Waals surface area contributed by atoms with Gasteiger partial charge in [0.15, 0.2) is 0 Å². The predicted octanol–water partition coefficient (Wildman–Crippen LogP) is 2.12. The van der Waals surface area contributed by atoms with Gasteiger partial charge in [0.25, 0.3) is 0 Å². The average Bonchev–Trinajstić information content (AvgIpc) is 2.33. The van der Waals surface area contributed by atoms with E-state index in [1.54, 1.807) is 27.7 Å². The Bertz CT molecular complexity index is 608. The molecule has 9 heteroatoms. The number of hydrogen-bond acceptors (Lipinski definition) is 6. The summed E-state index contributed by atoms with van der Waals surface area (Å²) in [4.78, 5) is 37.9. The zero-order valence-electron chi connectivity index (χ0n) is 12.7. The maximum Gasteiger partial charge on any atom is 0.416 e. The molecule has 1 heterocycles. The minimum absolute atomic E-state index is 0.368. The minimum atomic E-state index is -1.34. The van der Waals surface area contributed by atoms with Crippen LogP contribution in [0.15, 0.2) is 12.3 Å². The van der Waals surface area contributed by atoms with Crippen LogP contribution < -0.4 is 4.90 Å². The molecular weight excluding hydrogens is 294 g/mol. The van der Waals surface area contributed by atoms with Crippen molar-refractivity contribution in [2.45, 2.75) is 33.3 Å². The van der Waals surface area contributed by atoms with E-state index < -0.39 is 34.8 Å². The van der Waals surface area contributed by atoms with Crippen molar-refractivity contribution in [3.63, 3.8) is 0 Å². The van der Waals surface area contributed by atoms with Gasteiger partial charge in [-0.2, -0.15) is 0 Å². The highest BCUT2D eigenvalue weighted by Crippen LogP contribution is 2.27. The molecular formula is C13H17N3O6. The fourth-order valence-electron chi connectivity index (χ4n) is 1.57. The van der Waals surface area contributed by atoms with Crippen LogP contribution in [0, 0.1) is 17.0 Å². The normalized spacial score (nSPS) is 10.9. The first-order valence-electron chi connectivity index (χ1n) is 6.34. The molecule has 1 N–H and O–H groups in total. The number of carboxylic acid groups (broad SMARTS) is 1. The number of anilines is 1. The van der Waals surface area contributed by atoms with E-state index in [1.807, 2.05) is 0 Å². The van der Waals surface area contributed by atoms with Crippen LogP contribution in [0.3, 0.4) is 0 Å². The number of aliphatic carboxylic acids is 1. The molecule has 0 unspecified atom stereocenters. The summed E-state index contributed by atoms with van der Waals surface area (Å²) in [5.41, 5.74) is -0.838. The van der Waals surface area contributed by atoms with Gasteiger partial charge in [0.1, 0.15) is 12.1 Å². The largest absolute Gasteiger partial charge is 0.480 e. The third kappa shape index (κ3) is 4.69. The lowest BCUT2D eigenvalue weighted by atomic mass is 10.2. The van der Waals surface area contributed by atoms with Crippen molar-refractivity contribution in [2.24, 2.45) is 0 Å². The Morgan fingerprint density at radius 1 is 1.45 bits per heavy atom. The van der Waals surface area contributed by atoms with Crippen LogP contribution in [0.4, 0.5) is 16.3 Å². The van der Waals surface area contributed by atoms with Crippen molar-refractivity contribution in [1.82, 2.24) is 4.98 Å². The summed E-state index contributed by atoms with van der Waals surface area (Å²) in [6, 6.07) is 1.21. The average molecular weight is 311 g/mol. The molecule has 0 aliphatic carbocycles. The van der Waals surface area contributed by atoms with Crippen LogP contribution in [0.25, 0.3) is 0 Å². The molecule has 0 bridgehead atoms. The molecule has 1 aromatic rings. The molecule has 0 fully saturated rings. The number of aryl methyl sites for hydroxylation is 1. The standard InChI is InChI=1S/C13H17N3O6/c1-8-5-9(16(20)21)11(14-6-8)15(7-10(17)18)12(19)22-13(2,3)4/h5-6H,7H2,1-4H3,(H,17,18). The Morgan fingerprint density at radius 2 is 2.05 bits per heavy atom. The van der Waals surface area contributed by atoms with Crippen molar-refractivity contribution in [3.8, 4) is 0 Å². The molecule has 120 valence electrons. The van der Waals surface area contributed by atoms with E-state index >= 15 is 0 Å². The zero-order chi connectivity index (χ0) is 17.1. The van der Waals surface area contributed by atoms with E-state index in [-0.39, 0.29) is 5.82 Å². The molecule has 0 radical (unpaired) electrons. The molecule has 22 heavy (non-hydrogen) atoms.